The molecule has 0 bridgehead atoms. The fraction of sp³-hybridized carbons (Fsp3) is 0.476. The fourth-order valence-corrected chi connectivity index (χ4v) is 3.54. The standard InChI is InChI=1S/C21H29N5O7/c1-11(21(32)33)24-18(29)15(9-12-4-6-13(27)7-5-12)25-19(30)16-3-2-8-26(16)20(31)14(22)10-17(23)28/h4-7,11,14-16,27H,2-3,8-10,22H2,1H3,(H2,23,28)(H,24,29)(H,25,30)(H,32,33). The first-order chi connectivity index (χ1) is 15.5. The van der Waals surface area contributed by atoms with Gasteiger partial charge in [0.15, 0.2) is 0 Å². The molecule has 0 radical (unpaired) electrons. The predicted molar refractivity (Wildman–Crippen MR) is 116 cm³/mol. The Morgan fingerprint density at radius 3 is 2.36 bits per heavy atom. The van der Waals surface area contributed by atoms with Crippen LogP contribution >= 0.6 is 0 Å². The quantitative estimate of drug-likeness (QED) is 0.233. The van der Waals surface area contributed by atoms with Crippen molar-refractivity contribution in [2.75, 3.05) is 6.54 Å². The molecule has 1 aliphatic heterocycles. The molecule has 1 fully saturated rings. The van der Waals surface area contributed by atoms with Gasteiger partial charge in [-0.3, -0.25) is 24.0 Å². The average molecular weight is 463 g/mol. The Labute approximate surface area is 190 Å². The molecule has 180 valence electrons. The zero-order valence-corrected chi connectivity index (χ0v) is 18.2. The Kier molecular flexibility index (Phi) is 8.74. The molecular formula is C21H29N5O7. The highest BCUT2D eigenvalue weighted by molar-refractivity contribution is 5.95. The van der Waals surface area contributed by atoms with Gasteiger partial charge in [-0.25, -0.2) is 0 Å². The number of phenolic OH excluding ortho intramolecular Hbond substituents is 1. The van der Waals surface area contributed by atoms with Crippen molar-refractivity contribution in [3.63, 3.8) is 0 Å². The van der Waals surface area contributed by atoms with E-state index in [0.29, 0.717) is 18.4 Å². The number of rotatable bonds is 10. The minimum atomic E-state index is -1.24. The number of likely N-dealkylation sites (tertiary alicyclic amines) is 1. The number of carboxylic acids is 1. The molecule has 33 heavy (non-hydrogen) atoms. The number of carboxylic acid groups (broad SMARTS) is 1. The Hall–Kier alpha value is -3.67. The maximum absolute atomic E-state index is 13.0. The molecule has 4 amide bonds. The molecule has 0 aromatic heterocycles. The van der Waals surface area contributed by atoms with E-state index < -0.39 is 53.8 Å². The Bertz CT molecular complexity index is 905. The molecule has 1 saturated heterocycles. The molecule has 12 heteroatoms. The average Bonchev–Trinajstić information content (AvgIpc) is 3.23. The minimum Gasteiger partial charge on any atom is -0.508 e. The van der Waals surface area contributed by atoms with Gasteiger partial charge in [-0.1, -0.05) is 12.1 Å². The smallest absolute Gasteiger partial charge is 0.325 e. The number of primary amides is 1. The highest BCUT2D eigenvalue weighted by Gasteiger charge is 2.38. The summed E-state index contributed by atoms with van der Waals surface area (Å²) in [6, 6.07) is 1.57. The Balaban J connectivity index is 2.17. The van der Waals surface area contributed by atoms with Crippen LogP contribution in [0.4, 0.5) is 0 Å². The van der Waals surface area contributed by atoms with Crippen LogP contribution in [0, 0.1) is 0 Å². The number of benzene rings is 1. The van der Waals surface area contributed by atoms with Crippen molar-refractivity contribution in [1.29, 1.82) is 0 Å². The number of amides is 4. The van der Waals surface area contributed by atoms with Gasteiger partial charge in [-0.05, 0) is 37.5 Å². The van der Waals surface area contributed by atoms with E-state index in [1.54, 1.807) is 12.1 Å². The maximum atomic E-state index is 13.0. The van der Waals surface area contributed by atoms with Gasteiger partial charge in [0.2, 0.25) is 23.6 Å². The van der Waals surface area contributed by atoms with Gasteiger partial charge in [0.05, 0.1) is 12.5 Å². The number of hydrogen-bond donors (Lipinski definition) is 6. The molecule has 12 nitrogen and oxygen atoms in total. The van der Waals surface area contributed by atoms with E-state index in [0.717, 1.165) is 0 Å². The van der Waals surface area contributed by atoms with E-state index in [1.165, 1.54) is 24.0 Å². The van der Waals surface area contributed by atoms with Crippen molar-refractivity contribution < 1.29 is 34.2 Å². The largest absolute Gasteiger partial charge is 0.508 e. The third kappa shape index (κ3) is 7.17. The molecule has 2 rings (SSSR count). The summed E-state index contributed by atoms with van der Waals surface area (Å²) in [6.07, 6.45) is 0.520. The number of nitrogens with zero attached hydrogens (tertiary/aromatic N) is 1. The number of nitrogens with two attached hydrogens (primary N) is 2. The minimum absolute atomic E-state index is 0.0199. The summed E-state index contributed by atoms with van der Waals surface area (Å²) >= 11 is 0. The van der Waals surface area contributed by atoms with Crippen LogP contribution in [0.15, 0.2) is 24.3 Å². The zero-order chi connectivity index (χ0) is 24.7. The van der Waals surface area contributed by atoms with Gasteiger partial charge in [-0.15, -0.1) is 0 Å². The van der Waals surface area contributed by atoms with E-state index in [-0.39, 0.29) is 25.1 Å². The number of hydrogen-bond acceptors (Lipinski definition) is 7. The van der Waals surface area contributed by atoms with E-state index in [2.05, 4.69) is 10.6 Å². The van der Waals surface area contributed by atoms with E-state index >= 15 is 0 Å². The first-order valence-electron chi connectivity index (χ1n) is 10.5. The van der Waals surface area contributed by atoms with Crippen LogP contribution in [0.2, 0.25) is 0 Å². The molecule has 0 spiro atoms. The van der Waals surface area contributed by atoms with Crippen molar-refractivity contribution >= 4 is 29.6 Å². The zero-order valence-electron chi connectivity index (χ0n) is 18.2. The lowest BCUT2D eigenvalue weighted by atomic mass is 10.0. The summed E-state index contributed by atoms with van der Waals surface area (Å²) in [5.74, 6) is -3.87. The van der Waals surface area contributed by atoms with Gasteiger partial charge >= 0.3 is 5.97 Å². The number of nitrogens with one attached hydrogen (secondary N) is 2. The van der Waals surface area contributed by atoms with Crippen molar-refractivity contribution in [3.05, 3.63) is 29.8 Å². The fourth-order valence-electron chi connectivity index (χ4n) is 3.54. The van der Waals surface area contributed by atoms with Crippen molar-refractivity contribution in [2.24, 2.45) is 11.5 Å². The lowest BCUT2D eigenvalue weighted by Gasteiger charge is -2.28. The number of phenols is 1. The highest BCUT2D eigenvalue weighted by Crippen LogP contribution is 2.19. The summed E-state index contributed by atoms with van der Waals surface area (Å²) < 4.78 is 0. The molecule has 1 heterocycles. The van der Waals surface area contributed by atoms with Crippen LogP contribution < -0.4 is 22.1 Å². The monoisotopic (exact) mass is 463 g/mol. The molecule has 8 N–H and O–H groups in total. The molecule has 4 unspecified atom stereocenters. The topological polar surface area (TPSA) is 205 Å². The molecule has 1 aromatic carbocycles. The summed E-state index contributed by atoms with van der Waals surface area (Å²) in [5.41, 5.74) is 11.4. The lowest BCUT2D eigenvalue weighted by Crippen LogP contribution is -2.57. The van der Waals surface area contributed by atoms with E-state index in [1.807, 2.05) is 0 Å². The van der Waals surface area contributed by atoms with Crippen molar-refractivity contribution in [1.82, 2.24) is 15.5 Å². The second kappa shape index (κ2) is 11.3. The Morgan fingerprint density at radius 2 is 1.79 bits per heavy atom. The van der Waals surface area contributed by atoms with Gasteiger partial charge in [-0.2, -0.15) is 0 Å². The van der Waals surface area contributed by atoms with Crippen LogP contribution in [0.3, 0.4) is 0 Å². The molecule has 1 aliphatic rings. The summed E-state index contributed by atoms with van der Waals surface area (Å²) in [5, 5.41) is 23.5. The lowest BCUT2D eigenvalue weighted by molar-refractivity contribution is -0.142. The first-order valence-corrected chi connectivity index (χ1v) is 10.5. The van der Waals surface area contributed by atoms with Crippen LogP contribution in [-0.4, -0.2) is 75.4 Å². The SMILES string of the molecule is CC(NC(=O)C(Cc1ccc(O)cc1)NC(=O)C1CCCN1C(=O)C(N)CC(N)=O)C(=O)O. The summed E-state index contributed by atoms with van der Waals surface area (Å²) in [4.78, 5) is 61.8. The highest BCUT2D eigenvalue weighted by atomic mass is 16.4. The van der Waals surface area contributed by atoms with Gasteiger partial charge in [0, 0.05) is 13.0 Å². The van der Waals surface area contributed by atoms with Crippen molar-refractivity contribution in [2.45, 2.75) is 56.8 Å². The second-order valence-corrected chi connectivity index (χ2v) is 7.97. The normalized spacial score (nSPS) is 18.1. The van der Waals surface area contributed by atoms with E-state index in [9.17, 15) is 29.1 Å². The second-order valence-electron chi connectivity index (χ2n) is 7.97. The van der Waals surface area contributed by atoms with Gasteiger partial charge in [0.1, 0.15) is 23.9 Å². The molecule has 1 aromatic rings. The van der Waals surface area contributed by atoms with Gasteiger partial charge in [0.25, 0.3) is 0 Å². The third-order valence-corrected chi connectivity index (χ3v) is 5.32. The Morgan fingerprint density at radius 1 is 1.15 bits per heavy atom. The predicted octanol–water partition coefficient (Wildman–Crippen LogP) is -1.80. The van der Waals surface area contributed by atoms with Crippen LogP contribution in [0.5, 0.6) is 5.75 Å². The van der Waals surface area contributed by atoms with Crippen LogP contribution in [-0.2, 0) is 30.4 Å². The molecule has 0 saturated carbocycles. The third-order valence-electron chi connectivity index (χ3n) is 5.32. The van der Waals surface area contributed by atoms with E-state index in [4.69, 9.17) is 16.6 Å². The number of carbonyl (C=O) groups excluding carboxylic acids is 4. The first kappa shape index (κ1) is 25.6. The van der Waals surface area contributed by atoms with Gasteiger partial charge < -0.3 is 37.2 Å². The number of carbonyl (C=O) groups is 5. The molecule has 0 aliphatic carbocycles. The molecular weight excluding hydrogens is 434 g/mol. The van der Waals surface area contributed by atoms with Crippen molar-refractivity contribution in [3.8, 4) is 5.75 Å². The molecule has 4 atom stereocenters. The van der Waals surface area contributed by atoms with Crippen LogP contribution in [0.25, 0.3) is 0 Å². The maximum Gasteiger partial charge on any atom is 0.325 e. The summed E-state index contributed by atoms with van der Waals surface area (Å²) in [6.45, 7) is 1.55. The number of aliphatic carboxylic acids is 1. The summed E-state index contributed by atoms with van der Waals surface area (Å²) in [7, 11) is 0. The van der Waals surface area contributed by atoms with Crippen LogP contribution in [0.1, 0.15) is 31.7 Å². The number of aromatic hydroxyl groups is 1.